The first-order valence-corrected chi connectivity index (χ1v) is 12.9. The monoisotopic (exact) mass is 506 g/mol. The van der Waals surface area contributed by atoms with Crippen LogP contribution in [0.5, 0.6) is 11.5 Å². The molecule has 0 radical (unpaired) electrons. The van der Waals surface area contributed by atoms with Gasteiger partial charge < -0.3 is 28.4 Å². The molecule has 1 aliphatic rings. The Kier molecular flexibility index (Phi) is 9.97. The number of rotatable bonds is 15. The maximum Gasteiger partial charge on any atom is 0.161 e. The molecule has 0 aliphatic heterocycles. The van der Waals surface area contributed by atoms with Crippen molar-refractivity contribution in [2.45, 2.75) is 19.8 Å². The van der Waals surface area contributed by atoms with Gasteiger partial charge in [-0.3, -0.25) is 0 Å². The molecule has 0 saturated heterocycles. The number of hydrogen-bond acceptors (Lipinski definition) is 6. The average Bonchev–Trinajstić information content (AvgIpc) is 3.20. The Morgan fingerprint density at radius 2 is 1.05 bits per heavy atom. The van der Waals surface area contributed by atoms with Gasteiger partial charge in [-0.2, -0.15) is 0 Å². The summed E-state index contributed by atoms with van der Waals surface area (Å²) in [7, 11) is 3.32. The first kappa shape index (κ1) is 27.1. The number of benzene rings is 3. The Hall–Kier alpha value is -2.90. The zero-order valence-corrected chi connectivity index (χ0v) is 22.4. The number of fused-ring (bicyclic) bond motifs is 3. The zero-order valence-electron chi connectivity index (χ0n) is 22.4. The van der Waals surface area contributed by atoms with Crippen molar-refractivity contribution in [3.8, 4) is 22.6 Å². The van der Waals surface area contributed by atoms with Gasteiger partial charge in [-0.1, -0.05) is 53.6 Å². The molecule has 0 heterocycles. The number of hydrogen-bond donors (Lipinski definition) is 0. The van der Waals surface area contributed by atoms with E-state index in [9.17, 15) is 0 Å². The molecule has 4 rings (SSSR count). The number of ether oxygens (including phenoxy) is 6. The fraction of sp³-hybridized carbons (Fsp3) is 0.419. The molecule has 6 heteroatoms. The minimum absolute atomic E-state index is 0.136. The van der Waals surface area contributed by atoms with Crippen molar-refractivity contribution in [3.63, 3.8) is 0 Å². The summed E-state index contributed by atoms with van der Waals surface area (Å²) in [4.78, 5) is 0. The molecule has 0 bridgehead atoms. The third kappa shape index (κ3) is 6.90. The van der Waals surface area contributed by atoms with E-state index in [1.165, 1.54) is 38.9 Å². The van der Waals surface area contributed by atoms with Gasteiger partial charge in [0.05, 0.1) is 39.6 Å². The summed E-state index contributed by atoms with van der Waals surface area (Å²) < 4.78 is 33.5. The molecule has 0 fully saturated rings. The number of methoxy groups -OCH3 is 2. The lowest BCUT2D eigenvalue weighted by Crippen LogP contribution is -2.13. The molecule has 3 aromatic rings. The molecule has 0 saturated carbocycles. The molecule has 6 nitrogen and oxygen atoms in total. The third-order valence-corrected chi connectivity index (χ3v) is 6.46. The van der Waals surface area contributed by atoms with Gasteiger partial charge >= 0.3 is 0 Å². The van der Waals surface area contributed by atoms with Crippen molar-refractivity contribution in [2.75, 3.05) is 67.1 Å². The smallest absolute Gasteiger partial charge is 0.161 e. The largest absolute Gasteiger partial charge is 0.487 e. The van der Waals surface area contributed by atoms with Crippen molar-refractivity contribution in [2.24, 2.45) is 0 Å². The molecule has 1 aliphatic carbocycles. The molecule has 3 aromatic carbocycles. The molecule has 0 aromatic heterocycles. The number of aryl methyl sites for hydroxylation is 2. The first-order chi connectivity index (χ1) is 18.1. The predicted molar refractivity (Wildman–Crippen MR) is 145 cm³/mol. The summed E-state index contributed by atoms with van der Waals surface area (Å²) >= 11 is 0. The minimum atomic E-state index is 0.136. The quantitative estimate of drug-likeness (QED) is 0.197. The lowest BCUT2D eigenvalue weighted by atomic mass is 9.88. The lowest BCUT2D eigenvalue weighted by Gasteiger charge is -2.19. The SMILES string of the molecule is COCCOCCOc1ccc(C2c3cc(C)ccc3-c3ccc(C)cc32)cc1OCCOCCOC. The molecule has 198 valence electrons. The maximum atomic E-state index is 6.18. The van der Waals surface area contributed by atoms with E-state index in [0.717, 1.165) is 0 Å². The van der Waals surface area contributed by atoms with Gasteiger partial charge in [0.25, 0.3) is 0 Å². The minimum Gasteiger partial charge on any atom is -0.487 e. The van der Waals surface area contributed by atoms with Crippen LogP contribution in [-0.2, 0) is 18.9 Å². The van der Waals surface area contributed by atoms with E-state index in [2.05, 4.69) is 62.4 Å². The van der Waals surface area contributed by atoms with Crippen molar-refractivity contribution in [3.05, 3.63) is 82.4 Å². The van der Waals surface area contributed by atoms with E-state index in [0.29, 0.717) is 64.4 Å². The highest BCUT2D eigenvalue weighted by Crippen LogP contribution is 2.49. The van der Waals surface area contributed by atoms with E-state index < -0.39 is 0 Å². The average molecular weight is 507 g/mol. The van der Waals surface area contributed by atoms with Gasteiger partial charge in [0.2, 0.25) is 0 Å². The highest BCUT2D eigenvalue weighted by atomic mass is 16.6. The van der Waals surface area contributed by atoms with Crippen molar-refractivity contribution >= 4 is 0 Å². The fourth-order valence-electron chi connectivity index (χ4n) is 4.71. The van der Waals surface area contributed by atoms with Gasteiger partial charge in [0.1, 0.15) is 13.2 Å². The van der Waals surface area contributed by atoms with Gasteiger partial charge in [-0.05, 0) is 53.8 Å². The summed E-state index contributed by atoms with van der Waals surface area (Å²) in [5.41, 5.74) is 8.94. The van der Waals surface area contributed by atoms with Crippen LogP contribution in [0.1, 0.15) is 33.7 Å². The zero-order chi connectivity index (χ0) is 26.0. The normalized spacial score (nSPS) is 12.4. The second-order valence-electron chi connectivity index (χ2n) is 9.23. The molecule has 0 unspecified atom stereocenters. The summed E-state index contributed by atoms with van der Waals surface area (Å²) in [6, 6.07) is 19.8. The standard InChI is InChI=1S/C31H38O6/c1-22-5-8-25-26-9-6-23(2)20-28(26)31(27(25)19-22)24-7-10-29(36-17-15-34-13-11-32-3)30(21-24)37-18-16-35-14-12-33-4/h5-10,19-21,31H,11-18H2,1-4H3. The van der Waals surface area contributed by atoms with Crippen LogP contribution in [0, 0.1) is 13.8 Å². The Labute approximate surface area is 220 Å². The van der Waals surface area contributed by atoms with E-state index in [1.807, 2.05) is 6.07 Å². The van der Waals surface area contributed by atoms with E-state index >= 15 is 0 Å². The second kappa shape index (κ2) is 13.6. The van der Waals surface area contributed by atoms with Crippen LogP contribution < -0.4 is 9.47 Å². The molecule has 37 heavy (non-hydrogen) atoms. The Morgan fingerprint density at radius 3 is 1.59 bits per heavy atom. The van der Waals surface area contributed by atoms with Crippen LogP contribution in [0.15, 0.2) is 54.6 Å². The van der Waals surface area contributed by atoms with Crippen LogP contribution >= 0.6 is 0 Å². The Balaban J connectivity index is 1.58. The molecule has 0 spiro atoms. The van der Waals surface area contributed by atoms with Gasteiger partial charge in [0, 0.05) is 20.1 Å². The van der Waals surface area contributed by atoms with Crippen LogP contribution in [0.4, 0.5) is 0 Å². The summed E-state index contributed by atoms with van der Waals surface area (Å²) in [6.07, 6.45) is 0. The predicted octanol–water partition coefficient (Wildman–Crippen LogP) is 5.55. The second-order valence-corrected chi connectivity index (χ2v) is 9.23. The van der Waals surface area contributed by atoms with Crippen LogP contribution in [0.3, 0.4) is 0 Å². The summed E-state index contributed by atoms with van der Waals surface area (Å²) in [5.74, 6) is 1.54. The fourth-order valence-corrected chi connectivity index (χ4v) is 4.71. The molecule has 0 atom stereocenters. The Bertz CT molecular complexity index is 1110. The maximum absolute atomic E-state index is 6.18. The van der Waals surface area contributed by atoms with Gasteiger partial charge in [0.15, 0.2) is 11.5 Å². The van der Waals surface area contributed by atoms with E-state index in [1.54, 1.807) is 14.2 Å². The highest BCUT2D eigenvalue weighted by Gasteiger charge is 2.30. The third-order valence-electron chi connectivity index (χ3n) is 6.46. The van der Waals surface area contributed by atoms with Crippen molar-refractivity contribution < 1.29 is 28.4 Å². The molecular formula is C31H38O6. The molecule has 0 N–H and O–H groups in total. The van der Waals surface area contributed by atoms with Crippen LogP contribution in [-0.4, -0.2) is 67.1 Å². The Morgan fingerprint density at radius 1 is 0.541 bits per heavy atom. The van der Waals surface area contributed by atoms with Crippen molar-refractivity contribution in [1.82, 2.24) is 0 Å². The molecule has 0 amide bonds. The topological polar surface area (TPSA) is 55.4 Å². The lowest BCUT2D eigenvalue weighted by molar-refractivity contribution is 0.0498. The van der Waals surface area contributed by atoms with E-state index in [-0.39, 0.29) is 5.92 Å². The van der Waals surface area contributed by atoms with Crippen molar-refractivity contribution in [1.29, 1.82) is 0 Å². The van der Waals surface area contributed by atoms with Gasteiger partial charge in [-0.25, -0.2) is 0 Å². The first-order valence-electron chi connectivity index (χ1n) is 12.9. The molecular weight excluding hydrogens is 468 g/mol. The van der Waals surface area contributed by atoms with Gasteiger partial charge in [-0.15, -0.1) is 0 Å². The summed E-state index contributed by atoms with van der Waals surface area (Å²) in [6.45, 7) is 8.30. The van der Waals surface area contributed by atoms with Crippen LogP contribution in [0.2, 0.25) is 0 Å². The van der Waals surface area contributed by atoms with Crippen LogP contribution in [0.25, 0.3) is 11.1 Å². The van der Waals surface area contributed by atoms with E-state index in [4.69, 9.17) is 28.4 Å². The highest BCUT2D eigenvalue weighted by molar-refractivity contribution is 5.81. The summed E-state index contributed by atoms with van der Waals surface area (Å²) in [5, 5.41) is 0.